The Kier molecular flexibility index (Phi) is 7.19. The van der Waals surface area contributed by atoms with Crippen molar-refractivity contribution in [3.05, 3.63) is 59.1 Å². The number of hydrogen-bond acceptors (Lipinski definition) is 6. The molecule has 0 aromatic heterocycles. The van der Waals surface area contributed by atoms with E-state index in [4.69, 9.17) is 21.1 Å². The summed E-state index contributed by atoms with van der Waals surface area (Å²) >= 11 is 5.96. The quantitative estimate of drug-likeness (QED) is 0.607. The predicted octanol–water partition coefficient (Wildman–Crippen LogP) is 2.57. The molecule has 166 valence electrons. The Bertz CT molecular complexity index is 1070. The second-order valence-electron chi connectivity index (χ2n) is 6.97. The van der Waals surface area contributed by atoms with E-state index in [1.54, 1.807) is 23.1 Å². The van der Waals surface area contributed by atoms with Gasteiger partial charge in [-0.25, -0.2) is 13.2 Å². The average molecular weight is 467 g/mol. The molecule has 10 heteroatoms. The average Bonchev–Trinajstić information content (AvgIpc) is 2.78. The van der Waals surface area contributed by atoms with Crippen LogP contribution < -0.4 is 4.31 Å². The maximum atomic E-state index is 13.0. The van der Waals surface area contributed by atoms with Crippen LogP contribution in [0.5, 0.6) is 0 Å². The van der Waals surface area contributed by atoms with Crippen LogP contribution in [-0.2, 0) is 24.3 Å². The van der Waals surface area contributed by atoms with Gasteiger partial charge in [-0.15, -0.1) is 0 Å². The van der Waals surface area contributed by atoms with Crippen molar-refractivity contribution in [2.75, 3.05) is 37.7 Å². The summed E-state index contributed by atoms with van der Waals surface area (Å²) in [5, 5.41) is 0.399. The van der Waals surface area contributed by atoms with Crippen molar-refractivity contribution in [1.29, 1.82) is 0 Å². The predicted molar refractivity (Wildman–Crippen MR) is 116 cm³/mol. The summed E-state index contributed by atoms with van der Waals surface area (Å²) in [7, 11) is -2.55. The van der Waals surface area contributed by atoms with Gasteiger partial charge in [0.15, 0.2) is 6.10 Å². The van der Waals surface area contributed by atoms with Crippen LogP contribution >= 0.6 is 11.6 Å². The molecule has 0 N–H and O–H groups in total. The van der Waals surface area contributed by atoms with Crippen molar-refractivity contribution >= 4 is 39.2 Å². The number of rotatable bonds is 6. The highest BCUT2D eigenvalue weighted by molar-refractivity contribution is 7.92. The monoisotopic (exact) mass is 466 g/mol. The zero-order chi connectivity index (χ0) is 22.6. The topological polar surface area (TPSA) is 93.2 Å². The number of ether oxygens (including phenoxy) is 2. The van der Waals surface area contributed by atoms with Crippen LogP contribution in [0.25, 0.3) is 0 Å². The first-order valence-corrected chi connectivity index (χ1v) is 11.4. The molecule has 0 radical (unpaired) electrons. The Morgan fingerprint density at radius 3 is 2.48 bits per heavy atom. The Hall–Kier alpha value is -2.62. The lowest BCUT2D eigenvalue weighted by atomic mass is 10.2. The summed E-state index contributed by atoms with van der Waals surface area (Å²) in [6.07, 6.45) is -1.00. The molecular weight excluding hydrogens is 444 g/mol. The summed E-state index contributed by atoms with van der Waals surface area (Å²) in [6.45, 7) is 3.23. The molecule has 31 heavy (non-hydrogen) atoms. The first-order valence-electron chi connectivity index (χ1n) is 9.62. The van der Waals surface area contributed by atoms with Crippen molar-refractivity contribution in [3.8, 4) is 0 Å². The summed E-state index contributed by atoms with van der Waals surface area (Å²) in [5.74, 6) is -1.10. The highest BCUT2D eigenvalue weighted by Gasteiger charge is 2.27. The van der Waals surface area contributed by atoms with E-state index in [1.165, 1.54) is 44.3 Å². The van der Waals surface area contributed by atoms with Crippen molar-refractivity contribution in [2.45, 2.75) is 17.9 Å². The number of anilines is 1. The Morgan fingerprint density at radius 2 is 1.81 bits per heavy atom. The van der Waals surface area contributed by atoms with Crippen molar-refractivity contribution in [2.24, 2.45) is 0 Å². The molecule has 1 amide bonds. The summed E-state index contributed by atoms with van der Waals surface area (Å²) in [5.41, 5.74) is 0.410. The van der Waals surface area contributed by atoms with E-state index >= 15 is 0 Å². The molecule has 0 aliphatic carbocycles. The number of amides is 1. The number of hydrogen-bond donors (Lipinski definition) is 0. The zero-order valence-corrected chi connectivity index (χ0v) is 18.7. The minimum Gasteiger partial charge on any atom is -0.449 e. The maximum Gasteiger partial charge on any atom is 0.338 e. The molecule has 8 nitrogen and oxygen atoms in total. The molecule has 0 spiro atoms. The molecule has 0 bridgehead atoms. The second kappa shape index (κ2) is 9.67. The second-order valence-corrected chi connectivity index (χ2v) is 9.37. The van der Waals surface area contributed by atoms with E-state index < -0.39 is 22.1 Å². The highest BCUT2D eigenvalue weighted by atomic mass is 35.5. The smallest absolute Gasteiger partial charge is 0.338 e. The lowest BCUT2D eigenvalue weighted by molar-refractivity contribution is -0.143. The standard InChI is InChI=1S/C21H23ClN2O6S/c1-15(20(25)24-9-11-29-12-10-24)30-21(26)16-5-3-8-19(13-16)31(27,28)23(2)18-7-4-6-17(22)14-18/h3-8,13-15H,9-12H2,1-2H3. The highest BCUT2D eigenvalue weighted by Crippen LogP contribution is 2.25. The number of nitrogens with zero attached hydrogens (tertiary/aromatic N) is 2. The van der Waals surface area contributed by atoms with Gasteiger partial charge >= 0.3 is 5.97 Å². The number of carbonyl (C=O) groups is 2. The molecule has 3 rings (SSSR count). The first kappa shape index (κ1) is 23.1. The van der Waals surface area contributed by atoms with Crippen molar-refractivity contribution < 1.29 is 27.5 Å². The third-order valence-corrected chi connectivity index (χ3v) is 6.87. The fourth-order valence-corrected chi connectivity index (χ4v) is 4.49. The fourth-order valence-electron chi connectivity index (χ4n) is 3.07. The minimum atomic E-state index is -3.95. The maximum absolute atomic E-state index is 13.0. The summed E-state index contributed by atoms with van der Waals surface area (Å²) in [6, 6.07) is 11.9. The van der Waals surface area contributed by atoms with E-state index in [0.29, 0.717) is 37.0 Å². The molecule has 1 saturated heterocycles. The number of halogens is 1. The SMILES string of the molecule is CC(OC(=O)c1cccc(S(=O)(=O)N(C)c2cccc(Cl)c2)c1)C(=O)N1CCOCC1. The first-order chi connectivity index (χ1) is 14.7. The van der Waals surface area contributed by atoms with Gasteiger partial charge in [-0.3, -0.25) is 9.10 Å². The van der Waals surface area contributed by atoms with E-state index in [9.17, 15) is 18.0 Å². The lowest BCUT2D eigenvalue weighted by Gasteiger charge is -2.29. The van der Waals surface area contributed by atoms with Crippen LogP contribution in [-0.4, -0.2) is 64.6 Å². The van der Waals surface area contributed by atoms with Crippen LogP contribution in [0.1, 0.15) is 17.3 Å². The van der Waals surface area contributed by atoms with Gasteiger partial charge < -0.3 is 14.4 Å². The molecule has 0 saturated carbocycles. The molecule has 1 aliphatic rings. The molecule has 2 aromatic carbocycles. The van der Waals surface area contributed by atoms with Crippen LogP contribution in [0.15, 0.2) is 53.4 Å². The van der Waals surface area contributed by atoms with Gasteiger partial charge in [0.05, 0.1) is 29.4 Å². The zero-order valence-electron chi connectivity index (χ0n) is 17.2. The van der Waals surface area contributed by atoms with Crippen LogP contribution in [0.2, 0.25) is 5.02 Å². The Labute approximate surface area is 186 Å². The van der Waals surface area contributed by atoms with Gasteiger partial charge in [-0.05, 0) is 43.3 Å². The van der Waals surface area contributed by atoms with Crippen molar-refractivity contribution in [1.82, 2.24) is 4.90 Å². The van der Waals surface area contributed by atoms with Gasteiger partial charge in [-0.1, -0.05) is 23.7 Å². The molecule has 1 atom stereocenters. The summed E-state index contributed by atoms with van der Waals surface area (Å²) in [4.78, 5) is 26.5. The molecule has 1 unspecified atom stereocenters. The molecule has 2 aromatic rings. The Morgan fingerprint density at radius 1 is 1.13 bits per heavy atom. The molecule has 1 fully saturated rings. The van der Waals surface area contributed by atoms with Crippen LogP contribution in [0.3, 0.4) is 0 Å². The molecule has 1 heterocycles. The van der Waals surface area contributed by atoms with E-state index in [-0.39, 0.29) is 16.4 Å². The summed E-state index contributed by atoms with van der Waals surface area (Å²) < 4.78 is 37.6. The minimum absolute atomic E-state index is 0.0298. The number of benzene rings is 2. The third kappa shape index (κ3) is 5.36. The number of esters is 1. The largest absolute Gasteiger partial charge is 0.449 e. The lowest BCUT2D eigenvalue weighted by Crippen LogP contribution is -2.46. The van der Waals surface area contributed by atoms with E-state index in [2.05, 4.69) is 0 Å². The van der Waals surface area contributed by atoms with E-state index in [1.807, 2.05) is 0 Å². The van der Waals surface area contributed by atoms with Gasteiger partial charge in [0.2, 0.25) is 0 Å². The normalized spacial score (nSPS) is 15.3. The Balaban J connectivity index is 1.75. The van der Waals surface area contributed by atoms with E-state index in [0.717, 1.165) is 4.31 Å². The van der Waals surface area contributed by atoms with Crippen LogP contribution in [0.4, 0.5) is 5.69 Å². The number of carbonyl (C=O) groups excluding carboxylic acids is 2. The number of sulfonamides is 1. The third-order valence-electron chi connectivity index (χ3n) is 4.85. The van der Waals surface area contributed by atoms with Gasteiger partial charge in [-0.2, -0.15) is 0 Å². The number of morpholine rings is 1. The molecule has 1 aliphatic heterocycles. The molecular formula is C21H23ClN2O6S. The van der Waals surface area contributed by atoms with Crippen LogP contribution in [0, 0.1) is 0 Å². The van der Waals surface area contributed by atoms with Gasteiger partial charge in [0.25, 0.3) is 15.9 Å². The fraction of sp³-hybridized carbons (Fsp3) is 0.333. The van der Waals surface area contributed by atoms with Crippen molar-refractivity contribution in [3.63, 3.8) is 0 Å². The van der Waals surface area contributed by atoms with Gasteiger partial charge in [0.1, 0.15) is 0 Å². The van der Waals surface area contributed by atoms with Gasteiger partial charge in [0, 0.05) is 25.2 Å².